The second-order valence-corrected chi connectivity index (χ2v) is 4.97. The fourth-order valence-electron chi connectivity index (χ4n) is 1.83. The highest BCUT2D eigenvalue weighted by molar-refractivity contribution is 6.30. The van der Waals surface area contributed by atoms with Crippen molar-refractivity contribution < 1.29 is 14.7 Å². The summed E-state index contributed by atoms with van der Waals surface area (Å²) in [5.74, 6) is -1.16. The van der Waals surface area contributed by atoms with Crippen LogP contribution < -0.4 is 0 Å². The van der Waals surface area contributed by atoms with Crippen molar-refractivity contribution in [3.05, 3.63) is 34.9 Å². The molecule has 0 heterocycles. The normalized spacial score (nSPS) is 11.9. The van der Waals surface area contributed by atoms with E-state index in [0.717, 1.165) is 5.56 Å². The van der Waals surface area contributed by atoms with Gasteiger partial charge in [-0.2, -0.15) is 0 Å². The van der Waals surface area contributed by atoms with Gasteiger partial charge in [0.15, 0.2) is 0 Å². The van der Waals surface area contributed by atoms with Crippen molar-refractivity contribution in [3.8, 4) is 0 Å². The molecule has 4 nitrogen and oxygen atoms in total. The summed E-state index contributed by atoms with van der Waals surface area (Å²) in [7, 11) is 1.69. The molecule has 19 heavy (non-hydrogen) atoms. The van der Waals surface area contributed by atoms with Crippen LogP contribution in [0, 0.1) is 0 Å². The van der Waals surface area contributed by atoms with Crippen LogP contribution in [0.5, 0.6) is 0 Å². The van der Waals surface area contributed by atoms with Crippen LogP contribution in [0.4, 0.5) is 0 Å². The van der Waals surface area contributed by atoms with Crippen molar-refractivity contribution in [3.63, 3.8) is 0 Å². The van der Waals surface area contributed by atoms with E-state index in [1.54, 1.807) is 24.1 Å². The third kappa shape index (κ3) is 4.91. The fraction of sp³-hybridized carbons (Fsp3) is 0.429. The molecule has 0 radical (unpaired) electrons. The lowest BCUT2D eigenvalue weighted by Crippen LogP contribution is -2.31. The first-order chi connectivity index (χ1) is 8.91. The number of hydrogen-bond acceptors (Lipinski definition) is 2. The zero-order valence-electron chi connectivity index (χ0n) is 11.1. The largest absolute Gasteiger partial charge is 0.481 e. The molecule has 5 heteroatoms. The summed E-state index contributed by atoms with van der Waals surface area (Å²) in [5.41, 5.74) is 0.864. The number of hydrogen-bond donors (Lipinski definition) is 1. The molecule has 1 N–H and O–H groups in total. The van der Waals surface area contributed by atoms with Gasteiger partial charge in [-0.15, -0.1) is 0 Å². The highest BCUT2D eigenvalue weighted by Gasteiger charge is 2.19. The molecule has 1 aromatic carbocycles. The quantitative estimate of drug-likeness (QED) is 0.873. The topological polar surface area (TPSA) is 57.6 Å². The third-order valence-electron chi connectivity index (χ3n) is 2.98. The van der Waals surface area contributed by atoms with Crippen LogP contribution in [0.3, 0.4) is 0 Å². The molecule has 1 unspecified atom stereocenters. The number of halogens is 1. The molecular weight excluding hydrogens is 266 g/mol. The number of nitrogens with zero attached hydrogens (tertiary/aromatic N) is 1. The SMILES string of the molecule is CC(C(=O)N(C)CCCC(=O)O)c1cccc(Cl)c1. The molecular formula is C14H18ClNO3. The summed E-state index contributed by atoms with van der Waals surface area (Å²) >= 11 is 5.90. The number of rotatable bonds is 6. The third-order valence-corrected chi connectivity index (χ3v) is 3.21. The van der Waals surface area contributed by atoms with Gasteiger partial charge in [0.05, 0.1) is 5.92 Å². The van der Waals surface area contributed by atoms with Crippen LogP contribution in [0.25, 0.3) is 0 Å². The number of likely N-dealkylation sites (N-methyl/N-ethyl adjacent to an activating group) is 1. The first-order valence-electron chi connectivity index (χ1n) is 6.14. The molecule has 0 spiro atoms. The first-order valence-corrected chi connectivity index (χ1v) is 6.52. The molecule has 0 aromatic heterocycles. The Bertz CT molecular complexity index is 462. The van der Waals surface area contributed by atoms with E-state index >= 15 is 0 Å². The maximum absolute atomic E-state index is 12.2. The summed E-state index contributed by atoms with van der Waals surface area (Å²) in [4.78, 5) is 24.2. The molecule has 1 rings (SSSR count). The number of amides is 1. The summed E-state index contributed by atoms with van der Waals surface area (Å²) in [5, 5.41) is 9.17. The van der Waals surface area contributed by atoms with Gasteiger partial charge in [0.2, 0.25) is 5.91 Å². The molecule has 0 saturated carbocycles. The maximum Gasteiger partial charge on any atom is 0.303 e. The Balaban J connectivity index is 2.58. The molecule has 1 aromatic rings. The number of carboxylic acids is 1. The predicted octanol–water partition coefficient (Wildman–Crippen LogP) is 2.77. The average Bonchev–Trinajstić information content (AvgIpc) is 2.36. The Morgan fingerprint density at radius 1 is 1.42 bits per heavy atom. The second kappa shape index (κ2) is 7.14. The van der Waals surface area contributed by atoms with E-state index in [0.29, 0.717) is 18.0 Å². The lowest BCUT2D eigenvalue weighted by molar-refractivity contribution is -0.138. The Kier molecular flexibility index (Phi) is 5.83. The van der Waals surface area contributed by atoms with Gasteiger partial charge in [0.25, 0.3) is 0 Å². The molecule has 104 valence electrons. The van der Waals surface area contributed by atoms with E-state index in [1.165, 1.54) is 0 Å². The first kappa shape index (κ1) is 15.5. The molecule has 1 atom stereocenters. The number of carboxylic acid groups (broad SMARTS) is 1. The summed E-state index contributed by atoms with van der Waals surface area (Å²) < 4.78 is 0. The van der Waals surface area contributed by atoms with Crippen molar-refractivity contribution >= 4 is 23.5 Å². The number of carbonyl (C=O) groups is 2. The number of carbonyl (C=O) groups excluding carboxylic acids is 1. The van der Waals surface area contributed by atoms with Gasteiger partial charge >= 0.3 is 5.97 Å². The van der Waals surface area contributed by atoms with Crippen molar-refractivity contribution in [2.75, 3.05) is 13.6 Å². The maximum atomic E-state index is 12.2. The molecule has 0 fully saturated rings. The molecule has 1 amide bonds. The van der Waals surface area contributed by atoms with Crippen LogP contribution in [-0.2, 0) is 9.59 Å². The van der Waals surface area contributed by atoms with Gasteiger partial charge in [-0.1, -0.05) is 23.7 Å². The smallest absolute Gasteiger partial charge is 0.303 e. The Labute approximate surface area is 118 Å². The van der Waals surface area contributed by atoms with Crippen molar-refractivity contribution in [1.29, 1.82) is 0 Å². The number of aliphatic carboxylic acids is 1. The van der Waals surface area contributed by atoms with Crippen molar-refractivity contribution in [1.82, 2.24) is 4.90 Å². The molecule has 0 aliphatic heterocycles. The van der Waals surface area contributed by atoms with Crippen molar-refractivity contribution in [2.45, 2.75) is 25.7 Å². The second-order valence-electron chi connectivity index (χ2n) is 4.53. The van der Waals surface area contributed by atoms with Crippen LogP contribution >= 0.6 is 11.6 Å². The minimum absolute atomic E-state index is 0.0346. The van der Waals surface area contributed by atoms with E-state index < -0.39 is 5.97 Å². The summed E-state index contributed by atoms with van der Waals surface area (Å²) in [6.07, 6.45) is 0.531. The zero-order chi connectivity index (χ0) is 14.4. The lowest BCUT2D eigenvalue weighted by atomic mass is 10.00. The molecule has 0 aliphatic rings. The average molecular weight is 284 g/mol. The van der Waals surface area contributed by atoms with E-state index in [1.807, 2.05) is 19.1 Å². The van der Waals surface area contributed by atoms with Gasteiger partial charge in [-0.3, -0.25) is 9.59 Å². The zero-order valence-corrected chi connectivity index (χ0v) is 11.9. The monoisotopic (exact) mass is 283 g/mol. The van der Waals surface area contributed by atoms with Crippen LogP contribution in [0.15, 0.2) is 24.3 Å². The molecule has 0 saturated heterocycles. The van der Waals surface area contributed by atoms with E-state index in [-0.39, 0.29) is 18.2 Å². The summed E-state index contributed by atoms with van der Waals surface area (Å²) in [6, 6.07) is 7.21. The minimum Gasteiger partial charge on any atom is -0.481 e. The van der Waals surface area contributed by atoms with Crippen LogP contribution in [-0.4, -0.2) is 35.5 Å². The Hall–Kier alpha value is -1.55. The minimum atomic E-state index is -0.844. The highest BCUT2D eigenvalue weighted by atomic mass is 35.5. The Morgan fingerprint density at radius 2 is 2.11 bits per heavy atom. The number of benzene rings is 1. The fourth-order valence-corrected chi connectivity index (χ4v) is 2.03. The van der Waals surface area contributed by atoms with Crippen molar-refractivity contribution in [2.24, 2.45) is 0 Å². The van der Waals surface area contributed by atoms with Crippen LogP contribution in [0.1, 0.15) is 31.2 Å². The van der Waals surface area contributed by atoms with E-state index in [9.17, 15) is 9.59 Å². The standard InChI is InChI=1S/C14H18ClNO3/c1-10(11-5-3-6-12(15)9-11)14(19)16(2)8-4-7-13(17)18/h3,5-6,9-10H,4,7-8H2,1-2H3,(H,17,18). The summed E-state index contributed by atoms with van der Waals surface area (Å²) in [6.45, 7) is 2.26. The van der Waals surface area contributed by atoms with Gasteiger partial charge in [-0.05, 0) is 31.0 Å². The highest BCUT2D eigenvalue weighted by Crippen LogP contribution is 2.21. The molecule has 0 aliphatic carbocycles. The van der Waals surface area contributed by atoms with Gasteiger partial charge in [-0.25, -0.2) is 0 Å². The van der Waals surface area contributed by atoms with Gasteiger partial charge in [0, 0.05) is 25.0 Å². The van der Waals surface area contributed by atoms with Crippen LogP contribution in [0.2, 0.25) is 5.02 Å². The molecule has 0 bridgehead atoms. The predicted molar refractivity (Wildman–Crippen MR) is 74.4 cm³/mol. The van der Waals surface area contributed by atoms with Gasteiger partial charge < -0.3 is 10.0 Å². The Morgan fingerprint density at radius 3 is 2.68 bits per heavy atom. The van der Waals surface area contributed by atoms with E-state index in [2.05, 4.69) is 0 Å². The van der Waals surface area contributed by atoms with E-state index in [4.69, 9.17) is 16.7 Å². The lowest BCUT2D eigenvalue weighted by Gasteiger charge is -2.21. The van der Waals surface area contributed by atoms with Gasteiger partial charge in [0.1, 0.15) is 0 Å².